The molecule has 0 aliphatic carbocycles. The lowest BCUT2D eigenvalue weighted by Gasteiger charge is -2.08. The number of aliphatic hydroxyl groups excluding tert-OH is 1. The largest absolute Gasteiger partial charge is 0.487 e. The van der Waals surface area contributed by atoms with Gasteiger partial charge in [-0.3, -0.25) is 0 Å². The summed E-state index contributed by atoms with van der Waals surface area (Å²) < 4.78 is 8.97. The Kier molecular flexibility index (Phi) is 9.31. The van der Waals surface area contributed by atoms with Gasteiger partial charge >= 0.3 is 0 Å². The van der Waals surface area contributed by atoms with Crippen molar-refractivity contribution in [2.45, 2.75) is 34.3 Å². The normalized spacial score (nSPS) is 11.1. The first-order valence-corrected chi connectivity index (χ1v) is 17.6. The van der Waals surface area contributed by atoms with Gasteiger partial charge in [-0.25, -0.2) is 19.0 Å². The number of anilines is 4. The van der Waals surface area contributed by atoms with Crippen molar-refractivity contribution >= 4 is 57.0 Å². The van der Waals surface area contributed by atoms with E-state index in [1.807, 2.05) is 70.0 Å². The Balaban J connectivity index is 0.000000157. The minimum atomic E-state index is 0.0500. The molecule has 3 N–H and O–H groups in total. The molecule has 6 aromatic heterocycles. The van der Waals surface area contributed by atoms with Crippen LogP contribution in [-0.2, 0) is 6.61 Å². The zero-order valence-corrected chi connectivity index (χ0v) is 29.9. The molecule has 6 heterocycles. The van der Waals surface area contributed by atoms with Crippen molar-refractivity contribution in [3.8, 4) is 26.2 Å². The second-order valence-corrected chi connectivity index (χ2v) is 14.1. The average Bonchev–Trinajstić information content (AvgIpc) is 3.94. The van der Waals surface area contributed by atoms with Gasteiger partial charge in [0.1, 0.15) is 11.4 Å². The van der Waals surface area contributed by atoms with Crippen LogP contribution in [0.4, 0.5) is 23.0 Å². The number of benzene rings is 2. The van der Waals surface area contributed by atoms with E-state index in [0.717, 1.165) is 65.4 Å². The highest BCUT2D eigenvalue weighted by atomic mass is 32.1. The van der Waals surface area contributed by atoms with E-state index in [-0.39, 0.29) is 6.61 Å². The summed E-state index contributed by atoms with van der Waals surface area (Å²) in [7, 11) is 1.67. The summed E-state index contributed by atoms with van der Waals surface area (Å²) >= 11 is 3.12. The number of imidazole rings is 2. The minimum Gasteiger partial charge on any atom is -0.487 e. The number of hydrogen-bond acceptors (Lipinski definition) is 10. The Bertz CT molecular complexity index is 2270. The number of nitrogens with one attached hydrogen (secondary N) is 2. The van der Waals surface area contributed by atoms with Crippen molar-refractivity contribution in [3.63, 3.8) is 0 Å². The number of aryl methyl sites for hydroxylation is 4. The predicted molar refractivity (Wildman–Crippen MR) is 203 cm³/mol. The Morgan fingerprint density at radius 3 is 1.60 bits per heavy atom. The lowest BCUT2D eigenvalue weighted by Crippen LogP contribution is -2.00. The molecule has 0 saturated carbocycles. The molecule has 8 aromatic rings. The monoisotopic (exact) mass is 700 g/mol. The standard InChI is InChI=1S/2C19H18N4OS/c1-12-4-5-14(10-13(12)2)21-17-7-8-18-20-11-15(23(18)22-17)16-6-9-19(24-3)25-16;1-12-3-4-14(9-13(12)2)21-18-7-8-19-20-10-16(23(19)22-18)17-6-5-15(11-24)25-17/h4-11H,1-3H3,(H,21,22);3-10,24H,11H2,1-2H3,(H,21,22). The van der Waals surface area contributed by atoms with Gasteiger partial charge in [0.25, 0.3) is 0 Å². The van der Waals surface area contributed by atoms with Crippen molar-refractivity contribution in [2.24, 2.45) is 0 Å². The maximum absolute atomic E-state index is 9.27. The SMILES string of the molecule is COc1ccc(-c2cnc3ccc(Nc4ccc(C)c(C)c4)nn23)s1.Cc1ccc(Nc2ccc3ncc(-c4ccc(CO)s4)n3n2)cc1C. The fraction of sp³-hybridized carbons (Fsp3) is 0.158. The van der Waals surface area contributed by atoms with Gasteiger partial charge in [0.15, 0.2) is 28.0 Å². The number of nitrogens with zero attached hydrogens (tertiary/aromatic N) is 6. The molecule has 50 heavy (non-hydrogen) atoms. The van der Waals surface area contributed by atoms with Gasteiger partial charge in [0.05, 0.1) is 35.9 Å². The molecule has 2 aromatic carbocycles. The highest BCUT2D eigenvalue weighted by Gasteiger charge is 2.13. The molecule has 12 heteroatoms. The molecule has 0 bridgehead atoms. The second-order valence-electron chi connectivity index (χ2n) is 11.9. The van der Waals surface area contributed by atoms with Crippen LogP contribution in [0.2, 0.25) is 0 Å². The summed E-state index contributed by atoms with van der Waals surface area (Å²) in [5, 5.41) is 26.2. The van der Waals surface area contributed by atoms with E-state index < -0.39 is 0 Å². The Morgan fingerprint density at radius 2 is 1.14 bits per heavy atom. The van der Waals surface area contributed by atoms with Crippen molar-refractivity contribution in [2.75, 3.05) is 17.7 Å². The number of methoxy groups -OCH3 is 1. The molecule has 8 rings (SSSR count). The third kappa shape index (κ3) is 6.95. The van der Waals surface area contributed by atoms with Crippen molar-refractivity contribution in [1.29, 1.82) is 0 Å². The molecular weight excluding hydrogens is 665 g/mol. The Hall–Kier alpha value is -5.56. The Labute approximate surface area is 297 Å². The average molecular weight is 701 g/mol. The van der Waals surface area contributed by atoms with Crippen LogP contribution >= 0.6 is 22.7 Å². The second kappa shape index (κ2) is 14.1. The van der Waals surface area contributed by atoms with Crippen LogP contribution < -0.4 is 15.4 Å². The summed E-state index contributed by atoms with van der Waals surface area (Å²) in [6.07, 6.45) is 3.66. The van der Waals surface area contributed by atoms with E-state index in [0.29, 0.717) is 0 Å². The first-order valence-electron chi connectivity index (χ1n) is 16.0. The number of ether oxygens (including phenoxy) is 1. The quantitative estimate of drug-likeness (QED) is 0.144. The van der Waals surface area contributed by atoms with Crippen molar-refractivity contribution < 1.29 is 9.84 Å². The number of fused-ring (bicyclic) bond motifs is 2. The molecule has 0 aliphatic rings. The highest BCUT2D eigenvalue weighted by molar-refractivity contribution is 7.17. The first-order chi connectivity index (χ1) is 24.3. The van der Waals surface area contributed by atoms with E-state index in [4.69, 9.17) is 9.84 Å². The molecular formula is C38H36N8O2S2. The van der Waals surface area contributed by atoms with Crippen LogP contribution in [0.1, 0.15) is 27.1 Å². The zero-order valence-electron chi connectivity index (χ0n) is 28.3. The molecule has 10 nitrogen and oxygen atoms in total. The minimum absolute atomic E-state index is 0.0500. The third-order valence-electron chi connectivity index (χ3n) is 8.39. The topological polar surface area (TPSA) is 114 Å². The van der Waals surface area contributed by atoms with Crippen LogP contribution in [0.25, 0.3) is 32.4 Å². The van der Waals surface area contributed by atoms with Gasteiger partial charge in [-0.1, -0.05) is 23.5 Å². The summed E-state index contributed by atoms with van der Waals surface area (Å²) in [6, 6.07) is 28.2. The molecule has 0 aliphatic heterocycles. The molecule has 0 amide bonds. The van der Waals surface area contributed by atoms with Crippen molar-refractivity contribution in [3.05, 3.63) is 124 Å². The summed E-state index contributed by atoms with van der Waals surface area (Å²) in [6.45, 7) is 8.46. The number of aliphatic hydroxyl groups is 1. The summed E-state index contributed by atoms with van der Waals surface area (Å²) in [5.41, 5.74) is 10.5. The van der Waals surface area contributed by atoms with Crippen LogP contribution in [0.3, 0.4) is 0 Å². The first kappa shape index (κ1) is 33.0. The van der Waals surface area contributed by atoms with Crippen molar-refractivity contribution in [1.82, 2.24) is 29.2 Å². The van der Waals surface area contributed by atoms with Crippen LogP contribution in [0.15, 0.2) is 97.3 Å². The third-order valence-corrected chi connectivity index (χ3v) is 10.5. The van der Waals surface area contributed by atoms with E-state index in [2.05, 4.69) is 89.8 Å². The Morgan fingerprint density at radius 1 is 0.620 bits per heavy atom. The fourth-order valence-corrected chi connectivity index (χ4v) is 7.00. The maximum atomic E-state index is 9.27. The fourth-order valence-electron chi connectivity index (χ4n) is 5.32. The molecule has 0 radical (unpaired) electrons. The van der Waals surface area contributed by atoms with Crippen LogP contribution in [-0.4, -0.2) is 41.4 Å². The highest BCUT2D eigenvalue weighted by Crippen LogP contribution is 2.33. The smallest absolute Gasteiger partial charge is 0.173 e. The molecule has 0 unspecified atom stereocenters. The molecule has 0 atom stereocenters. The van der Waals surface area contributed by atoms with Crippen LogP contribution in [0.5, 0.6) is 5.06 Å². The lowest BCUT2D eigenvalue weighted by molar-refractivity contribution is 0.285. The lowest BCUT2D eigenvalue weighted by atomic mass is 10.1. The molecule has 0 spiro atoms. The van der Waals surface area contributed by atoms with E-state index in [1.165, 1.54) is 22.3 Å². The number of aromatic nitrogens is 6. The summed E-state index contributed by atoms with van der Waals surface area (Å²) in [5.74, 6) is 1.53. The zero-order chi connectivity index (χ0) is 34.8. The summed E-state index contributed by atoms with van der Waals surface area (Å²) in [4.78, 5) is 11.9. The van der Waals surface area contributed by atoms with Crippen LogP contribution in [0, 0.1) is 27.7 Å². The van der Waals surface area contributed by atoms with E-state index in [9.17, 15) is 5.11 Å². The predicted octanol–water partition coefficient (Wildman–Crippen LogP) is 9.14. The van der Waals surface area contributed by atoms with Gasteiger partial charge in [-0.15, -0.1) is 21.5 Å². The number of hydrogen-bond donors (Lipinski definition) is 3. The van der Waals surface area contributed by atoms with Gasteiger partial charge in [-0.2, -0.15) is 0 Å². The van der Waals surface area contributed by atoms with Gasteiger partial charge < -0.3 is 20.5 Å². The molecule has 252 valence electrons. The van der Waals surface area contributed by atoms with Gasteiger partial charge in [0.2, 0.25) is 0 Å². The molecule has 0 fully saturated rings. The number of thiophene rings is 2. The molecule has 0 saturated heterocycles. The van der Waals surface area contributed by atoms with E-state index >= 15 is 0 Å². The van der Waals surface area contributed by atoms with E-state index in [1.54, 1.807) is 29.8 Å². The maximum Gasteiger partial charge on any atom is 0.173 e. The van der Waals surface area contributed by atoms with Gasteiger partial charge in [0, 0.05) is 16.3 Å². The van der Waals surface area contributed by atoms with Gasteiger partial charge in [-0.05, 0) is 123 Å². The number of rotatable bonds is 8.